The minimum Gasteiger partial charge on any atom is -0.457 e. The topological polar surface area (TPSA) is 120 Å². The van der Waals surface area contributed by atoms with Gasteiger partial charge in [-0.1, -0.05) is 91.0 Å². The Bertz CT molecular complexity index is 2130. The van der Waals surface area contributed by atoms with E-state index < -0.39 is 27.9 Å². The van der Waals surface area contributed by atoms with Crippen molar-refractivity contribution in [2.45, 2.75) is 37.9 Å². The van der Waals surface area contributed by atoms with Gasteiger partial charge in [-0.15, -0.1) is 0 Å². The first kappa shape index (κ1) is 35.1. The molecule has 0 atom stereocenters. The van der Waals surface area contributed by atoms with E-state index in [0.717, 1.165) is 21.1 Å². The lowest BCUT2D eigenvalue weighted by molar-refractivity contribution is -0.141. The van der Waals surface area contributed by atoms with Crippen molar-refractivity contribution in [2.75, 3.05) is 14.1 Å². The summed E-state index contributed by atoms with van der Waals surface area (Å²) in [5.41, 5.74) is 5.40. The number of benzene rings is 4. The molecule has 0 aliphatic carbocycles. The molecule has 1 aliphatic rings. The van der Waals surface area contributed by atoms with Crippen LogP contribution in [0.25, 0.3) is 16.9 Å². The number of ether oxygens (including phenoxy) is 2. The van der Waals surface area contributed by atoms with E-state index in [2.05, 4.69) is 5.32 Å². The Morgan fingerprint density at radius 3 is 1.67 bits per heavy atom. The SMILES string of the molecule is CC1=C(C(=O)OCc2ccccc2)C(c2cn(-c3ccccc3)nc2-c2ccc(S(=O)(=O)N(C)C)cc2)C(C(=O)OCc2ccccc2)=C(C)N1. The summed E-state index contributed by atoms with van der Waals surface area (Å²) in [6.07, 6.45) is 1.79. The predicted octanol–water partition coefficient (Wildman–Crippen LogP) is 6.51. The second-order valence-corrected chi connectivity index (χ2v) is 14.4. The Kier molecular flexibility index (Phi) is 10.3. The highest BCUT2D eigenvalue weighted by Gasteiger charge is 2.40. The summed E-state index contributed by atoms with van der Waals surface area (Å²) in [7, 11) is -0.750. The van der Waals surface area contributed by atoms with Crippen molar-refractivity contribution in [3.63, 3.8) is 0 Å². The van der Waals surface area contributed by atoms with E-state index in [9.17, 15) is 18.0 Å². The number of esters is 2. The molecule has 0 saturated heterocycles. The van der Waals surface area contributed by atoms with Crippen LogP contribution in [-0.2, 0) is 42.3 Å². The van der Waals surface area contributed by atoms with Gasteiger partial charge >= 0.3 is 11.9 Å². The van der Waals surface area contributed by atoms with Gasteiger partial charge in [-0.25, -0.2) is 27.0 Å². The number of carbonyl (C=O) groups excluding carboxylic acids is 2. The molecule has 1 aliphatic heterocycles. The zero-order valence-corrected chi connectivity index (χ0v) is 29.6. The number of dihydropyridines is 1. The van der Waals surface area contributed by atoms with Crippen LogP contribution in [0.4, 0.5) is 0 Å². The largest absolute Gasteiger partial charge is 0.457 e. The van der Waals surface area contributed by atoms with E-state index in [1.165, 1.54) is 26.2 Å². The monoisotopic (exact) mass is 702 g/mol. The van der Waals surface area contributed by atoms with E-state index in [-0.39, 0.29) is 29.3 Å². The third-order valence-corrected chi connectivity index (χ3v) is 10.4. The summed E-state index contributed by atoms with van der Waals surface area (Å²) in [6.45, 7) is 3.59. The Morgan fingerprint density at radius 1 is 0.725 bits per heavy atom. The van der Waals surface area contributed by atoms with Gasteiger partial charge in [-0.3, -0.25) is 0 Å². The van der Waals surface area contributed by atoms with Crippen molar-refractivity contribution in [3.05, 3.63) is 161 Å². The number of hydrogen-bond donors (Lipinski definition) is 1. The minimum absolute atomic E-state index is 0.0254. The molecule has 0 bridgehead atoms. The molecule has 11 heteroatoms. The Hall–Kier alpha value is -5.78. The summed E-state index contributed by atoms with van der Waals surface area (Å²) in [5.74, 6) is -2.18. The molecule has 0 saturated carbocycles. The number of rotatable bonds is 11. The van der Waals surface area contributed by atoms with Crippen LogP contribution in [0.2, 0.25) is 0 Å². The standard InChI is InChI=1S/C40H38N4O6S/c1-27-35(39(45)49-25-29-14-8-5-9-15-29)37(36(28(2)41-27)40(46)50-26-30-16-10-6-11-17-30)34-24-44(32-18-12-7-13-19-32)42-38(34)31-20-22-33(23-21-31)51(47,48)43(3)4/h5-24,37,41H,25-26H2,1-4H3. The van der Waals surface area contributed by atoms with Crippen molar-refractivity contribution in [1.82, 2.24) is 19.4 Å². The van der Waals surface area contributed by atoms with Crippen molar-refractivity contribution >= 4 is 22.0 Å². The summed E-state index contributed by atoms with van der Waals surface area (Å²) in [6, 6.07) is 34.5. The molecule has 2 heterocycles. The van der Waals surface area contributed by atoms with Crippen LogP contribution in [0.1, 0.15) is 36.5 Å². The smallest absolute Gasteiger partial charge is 0.337 e. The van der Waals surface area contributed by atoms with E-state index in [0.29, 0.717) is 28.2 Å². The van der Waals surface area contributed by atoms with Crippen LogP contribution >= 0.6 is 0 Å². The molecular formula is C40H38N4O6S. The maximum atomic E-state index is 14.2. The highest BCUT2D eigenvalue weighted by molar-refractivity contribution is 7.89. The maximum Gasteiger partial charge on any atom is 0.337 e. The van der Waals surface area contributed by atoms with Gasteiger partial charge in [-0.05, 0) is 49.2 Å². The highest BCUT2D eigenvalue weighted by Crippen LogP contribution is 2.43. The van der Waals surface area contributed by atoms with E-state index in [4.69, 9.17) is 14.6 Å². The van der Waals surface area contributed by atoms with Gasteiger partial charge < -0.3 is 14.8 Å². The number of hydrogen-bond acceptors (Lipinski definition) is 8. The Morgan fingerprint density at radius 2 is 1.20 bits per heavy atom. The third-order valence-electron chi connectivity index (χ3n) is 8.61. The number of para-hydroxylation sites is 1. The van der Waals surface area contributed by atoms with Crippen LogP contribution in [0.15, 0.2) is 149 Å². The Labute approximate surface area is 297 Å². The molecule has 0 spiro atoms. The van der Waals surface area contributed by atoms with Crippen molar-refractivity contribution in [2.24, 2.45) is 0 Å². The molecular weight excluding hydrogens is 665 g/mol. The number of nitrogens with zero attached hydrogens (tertiary/aromatic N) is 3. The lowest BCUT2D eigenvalue weighted by Gasteiger charge is -2.30. The molecule has 0 fully saturated rings. The first-order chi connectivity index (χ1) is 24.5. The number of aromatic nitrogens is 2. The summed E-state index contributed by atoms with van der Waals surface area (Å²) < 4.78 is 40.4. The molecule has 1 N–H and O–H groups in total. The first-order valence-corrected chi connectivity index (χ1v) is 17.8. The fourth-order valence-corrected chi connectivity index (χ4v) is 6.88. The third kappa shape index (κ3) is 7.54. The Balaban J connectivity index is 1.50. The number of allylic oxidation sites excluding steroid dienone is 2. The normalized spacial score (nSPS) is 13.7. The average Bonchev–Trinajstić information content (AvgIpc) is 3.59. The van der Waals surface area contributed by atoms with Crippen molar-refractivity contribution < 1.29 is 27.5 Å². The van der Waals surface area contributed by atoms with Gasteiger partial charge in [0.2, 0.25) is 10.0 Å². The molecule has 0 amide bonds. The molecule has 260 valence electrons. The summed E-state index contributed by atoms with van der Waals surface area (Å²) in [5, 5.41) is 8.19. The maximum absolute atomic E-state index is 14.2. The van der Waals surface area contributed by atoms with E-state index in [1.807, 2.05) is 91.0 Å². The molecule has 1 aromatic heterocycles. The fourth-order valence-electron chi connectivity index (χ4n) is 5.98. The van der Waals surface area contributed by atoms with Crippen LogP contribution < -0.4 is 5.32 Å². The van der Waals surface area contributed by atoms with Gasteiger partial charge in [-0.2, -0.15) is 5.10 Å². The van der Waals surface area contributed by atoms with Crippen molar-refractivity contribution in [3.8, 4) is 16.9 Å². The number of nitrogens with one attached hydrogen (secondary N) is 1. The predicted molar refractivity (Wildman–Crippen MR) is 194 cm³/mol. The molecule has 0 radical (unpaired) electrons. The zero-order chi connectivity index (χ0) is 36.1. The molecule has 51 heavy (non-hydrogen) atoms. The summed E-state index contributed by atoms with van der Waals surface area (Å²) in [4.78, 5) is 28.5. The lowest BCUT2D eigenvalue weighted by atomic mass is 9.79. The van der Waals surface area contributed by atoms with Gasteiger partial charge in [0.05, 0.1) is 33.3 Å². The van der Waals surface area contributed by atoms with Crippen LogP contribution in [0, 0.1) is 0 Å². The van der Waals surface area contributed by atoms with E-state index >= 15 is 0 Å². The van der Waals surface area contributed by atoms with Crippen LogP contribution in [0.3, 0.4) is 0 Å². The van der Waals surface area contributed by atoms with Crippen molar-refractivity contribution in [1.29, 1.82) is 0 Å². The number of carbonyl (C=O) groups is 2. The number of sulfonamides is 1. The zero-order valence-electron chi connectivity index (χ0n) is 28.7. The van der Waals surface area contributed by atoms with Gasteiger partial charge in [0.1, 0.15) is 13.2 Å². The molecule has 6 rings (SSSR count). The van der Waals surface area contributed by atoms with Crippen LogP contribution in [0.5, 0.6) is 0 Å². The summed E-state index contributed by atoms with van der Waals surface area (Å²) >= 11 is 0. The lowest BCUT2D eigenvalue weighted by Crippen LogP contribution is -2.32. The molecule has 0 unspecified atom stereocenters. The molecule has 10 nitrogen and oxygen atoms in total. The van der Waals surface area contributed by atoms with Gasteiger partial charge in [0.25, 0.3) is 0 Å². The molecule has 4 aromatic carbocycles. The second kappa shape index (κ2) is 15.0. The second-order valence-electron chi connectivity index (χ2n) is 12.3. The fraction of sp³-hybridized carbons (Fsp3) is 0.175. The quantitative estimate of drug-likeness (QED) is 0.155. The average molecular weight is 703 g/mol. The highest BCUT2D eigenvalue weighted by atomic mass is 32.2. The van der Waals surface area contributed by atoms with Gasteiger partial charge in [0, 0.05) is 42.8 Å². The minimum atomic E-state index is -3.70. The van der Waals surface area contributed by atoms with Gasteiger partial charge in [0.15, 0.2) is 0 Å². The van der Waals surface area contributed by atoms with Crippen LogP contribution in [-0.4, -0.2) is 48.5 Å². The molecule has 5 aromatic rings. The van der Waals surface area contributed by atoms with E-state index in [1.54, 1.807) is 36.9 Å². The first-order valence-electron chi connectivity index (χ1n) is 16.3.